The van der Waals surface area contributed by atoms with Crippen molar-refractivity contribution in [3.05, 3.63) is 73.3 Å². The Morgan fingerprint density at radius 3 is 1.71 bits per heavy atom. The topological polar surface area (TPSA) is 49.7 Å². The summed E-state index contributed by atoms with van der Waals surface area (Å²) in [6, 6.07) is 21.0. The van der Waals surface area contributed by atoms with E-state index in [-0.39, 0.29) is 22.8 Å². The lowest BCUT2D eigenvalue weighted by molar-refractivity contribution is -0.0296. The van der Waals surface area contributed by atoms with E-state index in [1.54, 1.807) is 6.08 Å². The summed E-state index contributed by atoms with van der Waals surface area (Å²) in [6.45, 7) is 16.8. The first-order valence-electron chi connectivity index (χ1n) is 11.3. The van der Waals surface area contributed by atoms with E-state index in [2.05, 4.69) is 75.9 Å². The lowest BCUT2D eigenvalue weighted by atomic mass is 9.84. The third-order valence-corrected chi connectivity index (χ3v) is 11.6. The van der Waals surface area contributed by atoms with Crippen molar-refractivity contribution in [1.29, 1.82) is 0 Å². The molecule has 0 aliphatic carbocycles. The summed E-state index contributed by atoms with van der Waals surface area (Å²) in [6.07, 6.45) is 0.427. The highest BCUT2D eigenvalue weighted by molar-refractivity contribution is 6.99. The average Bonchev–Trinajstić information content (AvgIpc) is 2.77. The van der Waals surface area contributed by atoms with Gasteiger partial charge in [-0.25, -0.2) is 0 Å². The molecule has 0 spiro atoms. The van der Waals surface area contributed by atoms with Gasteiger partial charge in [-0.2, -0.15) is 0 Å². The lowest BCUT2D eigenvalue weighted by Crippen LogP contribution is -2.67. The third kappa shape index (κ3) is 5.56. The van der Waals surface area contributed by atoms with Crippen molar-refractivity contribution in [3.63, 3.8) is 0 Å². The minimum atomic E-state index is -2.64. The van der Waals surface area contributed by atoms with Crippen LogP contribution < -0.4 is 10.4 Å². The van der Waals surface area contributed by atoms with Gasteiger partial charge in [0.15, 0.2) is 0 Å². The monoisotopic (exact) mass is 440 g/mol. The number of hydrogen-bond acceptors (Lipinski definition) is 3. The highest BCUT2D eigenvalue weighted by Gasteiger charge is 2.50. The van der Waals surface area contributed by atoms with Crippen LogP contribution in [0.25, 0.3) is 0 Å². The largest absolute Gasteiger partial charge is 0.407 e. The van der Waals surface area contributed by atoms with Gasteiger partial charge in [-0.3, -0.25) is 0 Å². The molecule has 0 fully saturated rings. The zero-order chi connectivity index (χ0) is 23.2. The molecule has 0 bridgehead atoms. The second-order valence-electron chi connectivity index (χ2n) is 9.89. The smallest absolute Gasteiger partial charge is 0.261 e. The van der Waals surface area contributed by atoms with Crippen molar-refractivity contribution in [2.45, 2.75) is 58.8 Å². The van der Waals surface area contributed by atoms with Crippen molar-refractivity contribution in [3.8, 4) is 0 Å². The quantitative estimate of drug-likeness (QED) is 0.426. The SMILES string of the molecule is C=C[C@H](C)[C@@H](O)[C@H](C)[C@@H](O)[C@H](C)CO[Si](c1ccccc1)(c1ccccc1)C(C)(C)C. The second-order valence-corrected chi connectivity index (χ2v) is 14.2. The molecular formula is C27H40O3Si. The lowest BCUT2D eigenvalue weighted by Gasteiger charge is -2.44. The van der Waals surface area contributed by atoms with Crippen LogP contribution in [0.15, 0.2) is 73.3 Å². The molecule has 3 nitrogen and oxygen atoms in total. The van der Waals surface area contributed by atoms with Gasteiger partial charge < -0.3 is 14.6 Å². The Balaban J connectivity index is 2.38. The van der Waals surface area contributed by atoms with Crippen LogP contribution in [0.3, 0.4) is 0 Å². The van der Waals surface area contributed by atoms with Crippen molar-refractivity contribution >= 4 is 18.7 Å². The van der Waals surface area contributed by atoms with Gasteiger partial charge in [-0.1, -0.05) is 108 Å². The zero-order valence-corrected chi connectivity index (χ0v) is 21.0. The first-order chi connectivity index (χ1) is 14.6. The van der Waals surface area contributed by atoms with Crippen LogP contribution in [0.4, 0.5) is 0 Å². The fourth-order valence-corrected chi connectivity index (χ4v) is 9.12. The van der Waals surface area contributed by atoms with Crippen LogP contribution in [0.1, 0.15) is 41.5 Å². The molecule has 2 aromatic carbocycles. The molecule has 2 aromatic rings. The van der Waals surface area contributed by atoms with Crippen LogP contribution in [0.2, 0.25) is 5.04 Å². The molecule has 0 aromatic heterocycles. The molecule has 5 atom stereocenters. The van der Waals surface area contributed by atoms with Gasteiger partial charge in [-0.05, 0) is 15.4 Å². The zero-order valence-electron chi connectivity index (χ0n) is 20.0. The van der Waals surface area contributed by atoms with Crippen molar-refractivity contribution in [1.82, 2.24) is 0 Å². The summed E-state index contributed by atoms with van der Waals surface area (Å²) in [5.41, 5.74) is 0. The maximum absolute atomic E-state index is 11.0. The van der Waals surface area contributed by atoms with E-state index in [9.17, 15) is 10.2 Å². The molecule has 0 amide bonds. The summed E-state index contributed by atoms with van der Waals surface area (Å²) in [7, 11) is -2.64. The molecule has 170 valence electrons. The first-order valence-corrected chi connectivity index (χ1v) is 13.2. The highest BCUT2D eigenvalue weighted by atomic mass is 28.4. The molecule has 31 heavy (non-hydrogen) atoms. The molecule has 0 aliphatic heterocycles. The molecule has 4 heteroatoms. The van der Waals surface area contributed by atoms with Crippen LogP contribution in [-0.4, -0.2) is 37.3 Å². The molecular weight excluding hydrogens is 400 g/mol. The predicted molar refractivity (Wildman–Crippen MR) is 133 cm³/mol. The van der Waals surface area contributed by atoms with E-state index in [0.29, 0.717) is 6.61 Å². The van der Waals surface area contributed by atoms with Crippen LogP contribution >= 0.6 is 0 Å². The maximum Gasteiger partial charge on any atom is 0.261 e. The molecule has 0 aliphatic rings. The maximum atomic E-state index is 11.0. The summed E-state index contributed by atoms with van der Waals surface area (Å²) < 4.78 is 6.94. The molecule has 0 saturated carbocycles. The van der Waals surface area contributed by atoms with E-state index in [1.165, 1.54) is 10.4 Å². The normalized spacial score (nSPS) is 17.4. The summed E-state index contributed by atoms with van der Waals surface area (Å²) in [5, 5.41) is 23.9. The molecule has 0 heterocycles. The fourth-order valence-electron chi connectivity index (χ4n) is 4.46. The third-order valence-electron chi connectivity index (χ3n) is 6.55. The van der Waals surface area contributed by atoms with E-state index >= 15 is 0 Å². The van der Waals surface area contributed by atoms with Gasteiger partial charge in [0, 0.05) is 24.4 Å². The Hall–Kier alpha value is -1.72. The Morgan fingerprint density at radius 1 is 0.871 bits per heavy atom. The summed E-state index contributed by atoms with van der Waals surface area (Å²) in [4.78, 5) is 0. The fraction of sp³-hybridized carbons (Fsp3) is 0.481. The van der Waals surface area contributed by atoms with E-state index < -0.39 is 20.5 Å². The van der Waals surface area contributed by atoms with Crippen molar-refractivity contribution in [2.24, 2.45) is 17.8 Å². The molecule has 0 radical (unpaired) electrons. The van der Waals surface area contributed by atoms with E-state index in [1.807, 2.05) is 32.9 Å². The van der Waals surface area contributed by atoms with Gasteiger partial charge in [0.05, 0.1) is 12.2 Å². The van der Waals surface area contributed by atoms with Gasteiger partial charge in [0.25, 0.3) is 8.32 Å². The van der Waals surface area contributed by atoms with Gasteiger partial charge in [-0.15, -0.1) is 6.58 Å². The Bertz CT molecular complexity index is 761. The standard InChI is InChI=1S/C27H40O3Si/c1-8-20(2)25(28)22(4)26(29)21(3)19-30-31(27(5,6)7,23-15-11-9-12-16-23)24-17-13-10-14-18-24/h8-18,20-22,25-26,28-29H,1,19H2,2-7H3/t20-,21+,22-,25+,26-/m0/s1. The van der Waals surface area contributed by atoms with Crippen molar-refractivity contribution in [2.75, 3.05) is 6.61 Å². The van der Waals surface area contributed by atoms with E-state index in [4.69, 9.17) is 4.43 Å². The molecule has 0 unspecified atom stereocenters. The minimum absolute atomic E-state index is 0.0746. The number of aliphatic hydroxyl groups is 2. The Morgan fingerprint density at radius 2 is 1.32 bits per heavy atom. The minimum Gasteiger partial charge on any atom is -0.407 e. The van der Waals surface area contributed by atoms with Crippen molar-refractivity contribution < 1.29 is 14.6 Å². The number of rotatable bonds is 10. The first kappa shape index (κ1) is 25.5. The second kappa shape index (κ2) is 10.7. The Labute approximate surface area is 189 Å². The van der Waals surface area contributed by atoms with E-state index in [0.717, 1.165) is 0 Å². The van der Waals surface area contributed by atoms with Gasteiger partial charge >= 0.3 is 0 Å². The highest BCUT2D eigenvalue weighted by Crippen LogP contribution is 2.37. The molecule has 2 rings (SSSR count). The van der Waals surface area contributed by atoms with Gasteiger partial charge in [0.2, 0.25) is 0 Å². The molecule has 0 saturated heterocycles. The molecule has 2 N–H and O–H groups in total. The number of benzene rings is 2. The van der Waals surface area contributed by atoms with Crippen LogP contribution in [-0.2, 0) is 4.43 Å². The predicted octanol–water partition coefficient (Wildman–Crippen LogP) is 4.38. The van der Waals surface area contributed by atoms with Gasteiger partial charge in [0.1, 0.15) is 0 Å². The van der Waals surface area contributed by atoms with Crippen LogP contribution in [0, 0.1) is 17.8 Å². The summed E-state index contributed by atoms with van der Waals surface area (Å²) >= 11 is 0. The average molecular weight is 441 g/mol. The Kier molecular flexibility index (Phi) is 8.84. The number of hydrogen-bond donors (Lipinski definition) is 2. The number of aliphatic hydroxyl groups excluding tert-OH is 2. The summed E-state index contributed by atoms with van der Waals surface area (Å²) in [5.74, 6) is -0.469. The van der Waals surface area contributed by atoms with Crippen LogP contribution in [0.5, 0.6) is 0 Å².